The highest BCUT2D eigenvalue weighted by atomic mass is 32.2. The van der Waals surface area contributed by atoms with Crippen molar-refractivity contribution in [2.45, 2.75) is 18.4 Å². The maximum atomic E-state index is 12.8. The summed E-state index contributed by atoms with van der Waals surface area (Å²) >= 11 is 0. The molecule has 3 rings (SSSR count). The molecule has 8 nitrogen and oxygen atoms in total. The van der Waals surface area contributed by atoms with Gasteiger partial charge in [0.05, 0.1) is 23.6 Å². The predicted molar refractivity (Wildman–Crippen MR) is 90.4 cm³/mol. The van der Waals surface area contributed by atoms with Crippen molar-refractivity contribution in [3.05, 3.63) is 40.2 Å². The normalized spacial score (nSPS) is 16.2. The number of fused-ring (bicyclic) bond motifs is 1. The molecule has 9 heteroatoms. The van der Waals surface area contributed by atoms with Crippen LogP contribution >= 0.6 is 0 Å². The van der Waals surface area contributed by atoms with Crippen LogP contribution in [0.5, 0.6) is 0 Å². The number of hydrogen-bond acceptors (Lipinski definition) is 5. The van der Waals surface area contributed by atoms with Crippen LogP contribution in [0.4, 0.5) is 0 Å². The minimum Gasteiger partial charge on any atom is -0.477 e. The zero-order chi connectivity index (χ0) is 18.2. The molecule has 1 aromatic heterocycles. The second kappa shape index (κ2) is 6.58. The lowest BCUT2D eigenvalue weighted by atomic mass is 10.1. The van der Waals surface area contributed by atoms with Crippen LogP contribution in [0.1, 0.15) is 17.3 Å². The molecule has 0 amide bonds. The molecule has 1 aliphatic heterocycles. The van der Waals surface area contributed by atoms with E-state index in [1.807, 2.05) is 6.92 Å². The maximum absolute atomic E-state index is 12.8. The molecule has 0 aliphatic carbocycles. The summed E-state index contributed by atoms with van der Waals surface area (Å²) < 4.78 is 33.6. The average Bonchev–Trinajstić information content (AvgIpc) is 2.62. The molecule has 0 unspecified atom stereocenters. The molecule has 2 heterocycles. The molecule has 0 spiro atoms. The monoisotopic (exact) mass is 366 g/mol. The Bertz CT molecular complexity index is 990. The van der Waals surface area contributed by atoms with Crippen LogP contribution in [0.25, 0.3) is 10.9 Å². The zero-order valence-electron chi connectivity index (χ0n) is 13.6. The minimum absolute atomic E-state index is 0.0239. The average molecular weight is 366 g/mol. The van der Waals surface area contributed by atoms with E-state index in [2.05, 4.69) is 0 Å². The zero-order valence-corrected chi connectivity index (χ0v) is 14.5. The molecule has 0 atom stereocenters. The topological polar surface area (TPSA) is 106 Å². The Kier molecular flexibility index (Phi) is 4.63. The smallest absolute Gasteiger partial charge is 0.341 e. The van der Waals surface area contributed by atoms with Crippen molar-refractivity contribution in [3.8, 4) is 0 Å². The lowest BCUT2D eigenvalue weighted by Gasteiger charge is -2.26. The summed E-state index contributed by atoms with van der Waals surface area (Å²) in [5.74, 6) is -1.34. The third kappa shape index (κ3) is 3.06. The second-order valence-corrected chi connectivity index (χ2v) is 7.60. The van der Waals surface area contributed by atoms with Crippen molar-refractivity contribution in [2.75, 3.05) is 26.3 Å². The Morgan fingerprint density at radius 3 is 2.56 bits per heavy atom. The van der Waals surface area contributed by atoms with Crippen molar-refractivity contribution < 1.29 is 23.1 Å². The number of aromatic carboxylic acids is 1. The van der Waals surface area contributed by atoms with Crippen LogP contribution in [-0.4, -0.2) is 54.7 Å². The minimum atomic E-state index is -3.77. The number of benzene rings is 1. The van der Waals surface area contributed by atoms with Gasteiger partial charge in [-0.1, -0.05) is 0 Å². The molecule has 0 radical (unpaired) electrons. The van der Waals surface area contributed by atoms with E-state index in [-0.39, 0.29) is 28.9 Å². The molecule has 1 aliphatic rings. The van der Waals surface area contributed by atoms with Gasteiger partial charge in [-0.05, 0) is 25.1 Å². The van der Waals surface area contributed by atoms with E-state index in [0.717, 1.165) is 0 Å². The number of hydrogen-bond donors (Lipinski definition) is 1. The first-order valence-corrected chi connectivity index (χ1v) is 9.28. The number of morpholine rings is 1. The number of carboxylic acid groups (broad SMARTS) is 1. The number of carboxylic acids is 1. The third-order valence-electron chi connectivity index (χ3n) is 4.23. The van der Waals surface area contributed by atoms with Crippen molar-refractivity contribution >= 4 is 26.9 Å². The Balaban J connectivity index is 2.21. The van der Waals surface area contributed by atoms with Gasteiger partial charge in [-0.3, -0.25) is 4.79 Å². The molecule has 0 bridgehead atoms. The van der Waals surface area contributed by atoms with E-state index in [0.29, 0.717) is 25.3 Å². The number of sulfonamides is 1. The number of ether oxygens (including phenoxy) is 1. The summed E-state index contributed by atoms with van der Waals surface area (Å²) in [5.41, 5.74) is -0.570. The van der Waals surface area contributed by atoms with E-state index in [9.17, 15) is 23.1 Å². The lowest BCUT2D eigenvalue weighted by Crippen LogP contribution is -2.40. The summed E-state index contributed by atoms with van der Waals surface area (Å²) in [4.78, 5) is 23.8. The van der Waals surface area contributed by atoms with Crippen LogP contribution in [-0.2, 0) is 21.3 Å². The quantitative estimate of drug-likeness (QED) is 0.855. The third-order valence-corrected chi connectivity index (χ3v) is 6.13. The van der Waals surface area contributed by atoms with Gasteiger partial charge < -0.3 is 14.4 Å². The lowest BCUT2D eigenvalue weighted by molar-refractivity contribution is 0.0694. The van der Waals surface area contributed by atoms with Gasteiger partial charge in [0, 0.05) is 31.2 Å². The number of aromatic nitrogens is 1. The van der Waals surface area contributed by atoms with Gasteiger partial charge in [0.2, 0.25) is 15.5 Å². The van der Waals surface area contributed by atoms with Crippen molar-refractivity contribution in [1.29, 1.82) is 0 Å². The van der Waals surface area contributed by atoms with Crippen molar-refractivity contribution in [2.24, 2.45) is 0 Å². The van der Waals surface area contributed by atoms with Crippen molar-refractivity contribution in [3.63, 3.8) is 0 Å². The van der Waals surface area contributed by atoms with Crippen LogP contribution in [0, 0.1) is 0 Å². The molecule has 1 fully saturated rings. The molecule has 1 aromatic carbocycles. The van der Waals surface area contributed by atoms with Gasteiger partial charge in [0.1, 0.15) is 5.56 Å². The highest BCUT2D eigenvalue weighted by Gasteiger charge is 2.27. The number of aryl methyl sites for hydroxylation is 1. The Labute approximate surface area is 144 Å². The number of carbonyl (C=O) groups is 1. The van der Waals surface area contributed by atoms with Crippen LogP contribution in [0.3, 0.4) is 0 Å². The van der Waals surface area contributed by atoms with Crippen LogP contribution in [0.2, 0.25) is 0 Å². The largest absolute Gasteiger partial charge is 0.477 e. The molecular formula is C16H18N2O6S. The summed E-state index contributed by atoms with van der Waals surface area (Å²) in [5, 5.41) is 9.30. The first-order chi connectivity index (χ1) is 11.9. The van der Waals surface area contributed by atoms with Gasteiger partial charge in [0.15, 0.2) is 0 Å². The molecule has 0 saturated carbocycles. The summed E-state index contributed by atoms with van der Waals surface area (Å²) in [7, 11) is -3.77. The van der Waals surface area contributed by atoms with Gasteiger partial charge in [-0.25, -0.2) is 13.2 Å². The van der Waals surface area contributed by atoms with E-state index in [4.69, 9.17) is 4.74 Å². The Morgan fingerprint density at radius 2 is 1.96 bits per heavy atom. The van der Waals surface area contributed by atoms with Crippen molar-refractivity contribution in [1.82, 2.24) is 8.87 Å². The maximum Gasteiger partial charge on any atom is 0.341 e. The van der Waals surface area contributed by atoms with E-state index >= 15 is 0 Å². The first-order valence-electron chi connectivity index (χ1n) is 7.84. The molecule has 25 heavy (non-hydrogen) atoms. The fraction of sp³-hybridized carbons (Fsp3) is 0.375. The van der Waals surface area contributed by atoms with Gasteiger partial charge in [-0.15, -0.1) is 0 Å². The van der Waals surface area contributed by atoms with E-state index in [1.54, 1.807) is 10.6 Å². The van der Waals surface area contributed by atoms with Crippen LogP contribution in [0.15, 0.2) is 34.1 Å². The summed E-state index contributed by atoms with van der Waals surface area (Å²) in [6, 6.07) is 4.25. The molecule has 134 valence electrons. The van der Waals surface area contributed by atoms with E-state index < -0.39 is 21.4 Å². The number of pyridine rings is 1. The molecule has 1 saturated heterocycles. The standard InChI is InChI=1S/C16H18N2O6S/c1-2-17-10-13(16(20)21)15(19)12-9-11(3-4-14(12)17)25(22,23)18-5-7-24-8-6-18/h3-4,9-10H,2,5-8H2,1H3,(H,20,21). The predicted octanol–water partition coefficient (Wildman–Crippen LogP) is 0.741. The Morgan fingerprint density at radius 1 is 1.28 bits per heavy atom. The Hall–Kier alpha value is -2.23. The molecule has 2 aromatic rings. The van der Waals surface area contributed by atoms with Gasteiger partial charge in [-0.2, -0.15) is 4.31 Å². The van der Waals surface area contributed by atoms with Crippen LogP contribution < -0.4 is 5.43 Å². The highest BCUT2D eigenvalue weighted by Crippen LogP contribution is 2.21. The molecular weight excluding hydrogens is 348 g/mol. The number of rotatable bonds is 4. The van der Waals surface area contributed by atoms with Gasteiger partial charge >= 0.3 is 5.97 Å². The highest BCUT2D eigenvalue weighted by molar-refractivity contribution is 7.89. The number of nitrogens with zero attached hydrogens (tertiary/aromatic N) is 2. The summed E-state index contributed by atoms with van der Waals surface area (Å²) in [6.45, 7) is 3.39. The second-order valence-electron chi connectivity index (χ2n) is 5.66. The SMILES string of the molecule is CCn1cc(C(=O)O)c(=O)c2cc(S(=O)(=O)N3CCOCC3)ccc21. The van der Waals surface area contributed by atoms with Gasteiger partial charge in [0.25, 0.3) is 0 Å². The summed E-state index contributed by atoms with van der Waals surface area (Å²) in [6.07, 6.45) is 1.28. The fourth-order valence-electron chi connectivity index (χ4n) is 2.89. The first kappa shape index (κ1) is 17.6. The van der Waals surface area contributed by atoms with E-state index in [1.165, 1.54) is 22.6 Å². The fourth-order valence-corrected chi connectivity index (χ4v) is 4.32. The molecule has 1 N–H and O–H groups in total.